The number of halogens is 5. The van der Waals surface area contributed by atoms with Crippen molar-refractivity contribution in [3.8, 4) is 0 Å². The van der Waals surface area contributed by atoms with Crippen LogP contribution in [0.2, 0.25) is 0 Å². The van der Waals surface area contributed by atoms with E-state index >= 15 is 0 Å². The van der Waals surface area contributed by atoms with Gasteiger partial charge in [0.1, 0.15) is 17.8 Å². The molecule has 2 aliphatic rings. The summed E-state index contributed by atoms with van der Waals surface area (Å²) in [6.07, 6.45) is -5.15. The van der Waals surface area contributed by atoms with Crippen molar-refractivity contribution in [3.05, 3.63) is 70.8 Å². The summed E-state index contributed by atoms with van der Waals surface area (Å²) in [6, 6.07) is 7.41. The van der Waals surface area contributed by atoms with E-state index in [1.54, 1.807) is 6.92 Å². The first kappa shape index (κ1) is 18.6. The highest BCUT2D eigenvalue weighted by Crippen LogP contribution is 2.44. The standard InChI is InChI=1S/C20H15F5N2O/c1-10-18(14-7-6-13(21)8-15(14)22)19-26-16(9-17(28)27(10)19)11-2-4-12(5-3-11)20(23,24)25/h2-8,10,18-19H,9H2,1H3. The molecule has 0 bridgehead atoms. The number of fused-ring (bicyclic) bond motifs is 1. The normalized spacial score (nSPS) is 24.5. The Hall–Kier alpha value is -2.77. The zero-order valence-electron chi connectivity index (χ0n) is 14.7. The van der Waals surface area contributed by atoms with Gasteiger partial charge in [-0.05, 0) is 36.2 Å². The topological polar surface area (TPSA) is 32.7 Å². The highest BCUT2D eigenvalue weighted by molar-refractivity contribution is 6.12. The summed E-state index contributed by atoms with van der Waals surface area (Å²) < 4.78 is 65.7. The number of rotatable bonds is 2. The predicted molar refractivity (Wildman–Crippen MR) is 91.8 cm³/mol. The number of nitrogens with zero attached hydrogens (tertiary/aromatic N) is 2. The van der Waals surface area contributed by atoms with Gasteiger partial charge in [0.15, 0.2) is 0 Å². The molecule has 3 unspecified atom stereocenters. The Morgan fingerprint density at radius 1 is 1.07 bits per heavy atom. The van der Waals surface area contributed by atoms with Crippen LogP contribution in [0.3, 0.4) is 0 Å². The third kappa shape index (κ3) is 2.96. The molecule has 8 heteroatoms. The first-order valence-corrected chi connectivity index (χ1v) is 8.67. The van der Waals surface area contributed by atoms with E-state index in [-0.39, 0.29) is 23.9 Å². The molecule has 0 aliphatic carbocycles. The van der Waals surface area contributed by atoms with Gasteiger partial charge in [0.2, 0.25) is 5.91 Å². The van der Waals surface area contributed by atoms with Crippen molar-refractivity contribution in [2.75, 3.05) is 0 Å². The van der Waals surface area contributed by atoms with Crippen molar-refractivity contribution in [2.45, 2.75) is 37.6 Å². The minimum atomic E-state index is -4.45. The molecule has 4 rings (SSSR count). The predicted octanol–water partition coefficient (Wildman–Crippen LogP) is 4.52. The van der Waals surface area contributed by atoms with Crippen LogP contribution in [0.1, 0.15) is 36.0 Å². The van der Waals surface area contributed by atoms with Gasteiger partial charge >= 0.3 is 6.18 Å². The smallest absolute Gasteiger partial charge is 0.316 e. The molecular formula is C20H15F5N2O. The summed E-state index contributed by atoms with van der Waals surface area (Å²) in [6.45, 7) is 1.76. The third-order valence-electron chi connectivity index (χ3n) is 5.33. The summed E-state index contributed by atoms with van der Waals surface area (Å²) in [5.41, 5.74) is 0.253. The maximum atomic E-state index is 14.2. The molecule has 0 aromatic heterocycles. The molecule has 146 valence electrons. The van der Waals surface area contributed by atoms with E-state index in [2.05, 4.69) is 4.99 Å². The second-order valence-electron chi connectivity index (χ2n) is 6.97. The lowest BCUT2D eigenvalue weighted by Crippen LogP contribution is -2.64. The largest absolute Gasteiger partial charge is 0.416 e. The van der Waals surface area contributed by atoms with Gasteiger partial charge in [-0.1, -0.05) is 18.2 Å². The lowest BCUT2D eigenvalue weighted by Gasteiger charge is -2.54. The van der Waals surface area contributed by atoms with Crippen LogP contribution in [-0.4, -0.2) is 28.7 Å². The molecule has 2 heterocycles. The number of hydrogen-bond donors (Lipinski definition) is 0. The van der Waals surface area contributed by atoms with E-state index in [1.807, 2.05) is 0 Å². The average molecular weight is 394 g/mol. The van der Waals surface area contributed by atoms with Gasteiger partial charge in [0.05, 0.1) is 17.7 Å². The molecule has 3 atom stereocenters. The molecule has 3 nitrogen and oxygen atoms in total. The fourth-order valence-corrected chi connectivity index (χ4v) is 3.91. The Morgan fingerprint density at radius 3 is 2.36 bits per heavy atom. The molecule has 0 spiro atoms. The van der Waals surface area contributed by atoms with Gasteiger partial charge in [-0.25, -0.2) is 8.78 Å². The van der Waals surface area contributed by atoms with Crippen LogP contribution >= 0.6 is 0 Å². The Morgan fingerprint density at radius 2 is 1.75 bits per heavy atom. The van der Waals surface area contributed by atoms with Gasteiger partial charge in [0.25, 0.3) is 0 Å². The van der Waals surface area contributed by atoms with Gasteiger partial charge in [-0.2, -0.15) is 13.2 Å². The number of hydrogen-bond acceptors (Lipinski definition) is 2. The number of amides is 1. The summed E-state index contributed by atoms with van der Waals surface area (Å²) >= 11 is 0. The molecular weight excluding hydrogens is 379 g/mol. The summed E-state index contributed by atoms with van der Waals surface area (Å²) in [5, 5.41) is 0. The van der Waals surface area contributed by atoms with E-state index in [1.165, 1.54) is 23.1 Å². The van der Waals surface area contributed by atoms with Crippen molar-refractivity contribution < 1.29 is 26.7 Å². The molecule has 2 aromatic carbocycles. The first-order valence-electron chi connectivity index (χ1n) is 8.67. The van der Waals surface area contributed by atoms with E-state index in [0.29, 0.717) is 11.3 Å². The van der Waals surface area contributed by atoms with Gasteiger partial charge < -0.3 is 4.90 Å². The van der Waals surface area contributed by atoms with Crippen LogP contribution in [0.4, 0.5) is 22.0 Å². The van der Waals surface area contributed by atoms with Gasteiger partial charge in [-0.3, -0.25) is 9.79 Å². The fraction of sp³-hybridized carbons (Fsp3) is 0.300. The highest BCUT2D eigenvalue weighted by atomic mass is 19.4. The zero-order chi connectivity index (χ0) is 20.2. The molecule has 2 aromatic rings. The van der Waals surface area contributed by atoms with E-state index in [4.69, 9.17) is 0 Å². The molecule has 1 amide bonds. The Balaban J connectivity index is 1.67. The van der Waals surface area contributed by atoms with E-state index < -0.39 is 35.5 Å². The maximum Gasteiger partial charge on any atom is 0.416 e. The number of aliphatic imine (C=N–C) groups is 1. The van der Waals surface area contributed by atoms with Crippen molar-refractivity contribution in [1.82, 2.24) is 4.90 Å². The molecule has 0 radical (unpaired) electrons. The van der Waals surface area contributed by atoms with E-state index in [0.717, 1.165) is 24.3 Å². The Bertz CT molecular complexity index is 968. The molecule has 1 saturated heterocycles. The minimum Gasteiger partial charge on any atom is -0.316 e. The average Bonchev–Trinajstić information content (AvgIpc) is 2.62. The van der Waals surface area contributed by atoms with Crippen molar-refractivity contribution >= 4 is 11.6 Å². The Kier molecular flexibility index (Phi) is 4.24. The van der Waals surface area contributed by atoms with Crippen LogP contribution < -0.4 is 0 Å². The second kappa shape index (κ2) is 6.39. The summed E-state index contributed by atoms with van der Waals surface area (Å²) in [7, 11) is 0. The monoisotopic (exact) mass is 394 g/mol. The van der Waals surface area contributed by atoms with E-state index in [9.17, 15) is 26.7 Å². The molecule has 2 aliphatic heterocycles. The first-order chi connectivity index (χ1) is 13.2. The van der Waals surface area contributed by atoms with Crippen LogP contribution in [0.5, 0.6) is 0 Å². The van der Waals surface area contributed by atoms with Gasteiger partial charge in [0, 0.05) is 18.0 Å². The SMILES string of the molecule is CC1C(c2ccc(F)cc2F)C2N=C(c3ccc(C(F)(F)F)cc3)CC(=O)N12. The lowest BCUT2D eigenvalue weighted by atomic mass is 9.78. The van der Waals surface area contributed by atoms with Crippen LogP contribution in [0.25, 0.3) is 0 Å². The van der Waals surface area contributed by atoms with Crippen molar-refractivity contribution in [3.63, 3.8) is 0 Å². The fourth-order valence-electron chi connectivity index (χ4n) is 3.91. The summed E-state index contributed by atoms with van der Waals surface area (Å²) in [4.78, 5) is 18.5. The Labute approximate surface area is 157 Å². The molecule has 0 N–H and O–H groups in total. The van der Waals surface area contributed by atoms with Crippen LogP contribution in [0.15, 0.2) is 47.5 Å². The number of benzene rings is 2. The van der Waals surface area contributed by atoms with Crippen molar-refractivity contribution in [1.29, 1.82) is 0 Å². The second-order valence-corrected chi connectivity index (χ2v) is 6.97. The number of alkyl halides is 3. The molecule has 28 heavy (non-hydrogen) atoms. The summed E-state index contributed by atoms with van der Waals surface area (Å²) in [5.74, 6) is -2.07. The van der Waals surface area contributed by atoms with Crippen molar-refractivity contribution in [2.24, 2.45) is 4.99 Å². The highest BCUT2D eigenvalue weighted by Gasteiger charge is 2.52. The maximum absolute atomic E-state index is 14.2. The minimum absolute atomic E-state index is 0.0369. The zero-order valence-corrected chi connectivity index (χ0v) is 14.7. The van der Waals surface area contributed by atoms with Crippen LogP contribution in [-0.2, 0) is 11.0 Å². The third-order valence-corrected chi connectivity index (χ3v) is 5.33. The molecule has 1 fully saturated rings. The lowest BCUT2D eigenvalue weighted by molar-refractivity contribution is -0.146. The number of carbonyl (C=O) groups is 1. The van der Waals surface area contributed by atoms with Crippen LogP contribution in [0, 0.1) is 11.6 Å². The quantitative estimate of drug-likeness (QED) is 0.690. The number of carbonyl (C=O) groups excluding carboxylic acids is 1. The van der Waals surface area contributed by atoms with Gasteiger partial charge in [-0.15, -0.1) is 0 Å². The molecule has 0 saturated carbocycles.